The van der Waals surface area contributed by atoms with Crippen molar-refractivity contribution in [1.82, 2.24) is 29.9 Å². The molecule has 0 atom stereocenters. The monoisotopic (exact) mass is 580 g/mol. The first-order valence-corrected chi connectivity index (χ1v) is 14.0. The molecule has 0 radical (unpaired) electrons. The lowest BCUT2D eigenvalue weighted by molar-refractivity contribution is 1.07. The van der Waals surface area contributed by atoms with Gasteiger partial charge in [-0.15, -0.1) is 0 Å². The molecule has 8 aromatic rings. The van der Waals surface area contributed by atoms with Crippen molar-refractivity contribution >= 4 is 55.5 Å². The zero-order valence-electron chi connectivity index (χ0n) is 21.8. The van der Waals surface area contributed by atoms with Gasteiger partial charge in [0.05, 0.1) is 0 Å². The second-order valence-corrected chi connectivity index (χ2v) is 10.6. The van der Waals surface area contributed by atoms with Crippen LogP contribution in [0, 0.1) is 0 Å². The van der Waals surface area contributed by atoms with Gasteiger partial charge in [0.2, 0.25) is 10.6 Å². The van der Waals surface area contributed by atoms with E-state index in [0.29, 0.717) is 23.3 Å². The van der Waals surface area contributed by atoms with Gasteiger partial charge in [0.25, 0.3) is 0 Å². The molecule has 42 heavy (non-hydrogen) atoms. The third-order valence-electron chi connectivity index (χ3n) is 7.43. The van der Waals surface area contributed by atoms with Crippen LogP contribution in [0.4, 0.5) is 0 Å². The predicted octanol–water partition coefficient (Wildman–Crippen LogP) is 8.93. The normalized spacial score (nSPS) is 11.6. The van der Waals surface area contributed by atoms with Gasteiger partial charge in [-0.1, -0.05) is 97.1 Å². The van der Waals surface area contributed by atoms with Crippen LogP contribution in [0.1, 0.15) is 0 Å². The van der Waals surface area contributed by atoms with Gasteiger partial charge in [-0.3, -0.25) is 0 Å². The van der Waals surface area contributed by atoms with Gasteiger partial charge in [0.15, 0.2) is 23.3 Å². The molecule has 6 aromatic carbocycles. The highest BCUT2D eigenvalue weighted by atomic mass is 35.5. The zero-order valence-corrected chi connectivity index (χ0v) is 23.3. The summed E-state index contributed by atoms with van der Waals surface area (Å²) in [6.45, 7) is 0. The van der Waals surface area contributed by atoms with Crippen LogP contribution >= 0.6 is 23.2 Å². The molecule has 0 saturated carbocycles. The second-order valence-electron chi connectivity index (χ2n) is 9.88. The third kappa shape index (κ3) is 4.12. The molecule has 0 amide bonds. The van der Waals surface area contributed by atoms with E-state index in [4.69, 9.17) is 33.2 Å². The summed E-state index contributed by atoms with van der Waals surface area (Å²) in [5, 5.41) is 6.74. The van der Waals surface area contributed by atoms with Crippen molar-refractivity contribution in [2.24, 2.45) is 0 Å². The molecule has 0 unspecified atom stereocenters. The van der Waals surface area contributed by atoms with E-state index >= 15 is 0 Å². The van der Waals surface area contributed by atoms with E-state index in [1.807, 2.05) is 72.8 Å². The largest absolute Gasteiger partial charge is 0.226 e. The van der Waals surface area contributed by atoms with Crippen molar-refractivity contribution in [1.29, 1.82) is 0 Å². The molecule has 2 heterocycles. The van der Waals surface area contributed by atoms with E-state index < -0.39 is 0 Å². The van der Waals surface area contributed by atoms with Gasteiger partial charge in [0.1, 0.15) is 0 Å². The summed E-state index contributed by atoms with van der Waals surface area (Å²) in [4.78, 5) is 27.5. The molecule has 198 valence electrons. The summed E-state index contributed by atoms with van der Waals surface area (Å²) in [7, 11) is 0. The minimum absolute atomic E-state index is 0.146. The Kier molecular flexibility index (Phi) is 5.77. The Morgan fingerprint density at radius 2 is 0.738 bits per heavy atom. The summed E-state index contributed by atoms with van der Waals surface area (Å²) in [6, 6.07) is 36.3. The highest BCUT2D eigenvalue weighted by Gasteiger charge is 2.19. The van der Waals surface area contributed by atoms with Crippen molar-refractivity contribution in [3.8, 4) is 45.6 Å². The number of rotatable bonds is 4. The Morgan fingerprint density at radius 1 is 0.357 bits per heavy atom. The lowest BCUT2D eigenvalue weighted by Gasteiger charge is -2.16. The minimum Gasteiger partial charge on any atom is -0.208 e. The van der Waals surface area contributed by atoms with E-state index in [2.05, 4.69) is 56.3 Å². The fourth-order valence-electron chi connectivity index (χ4n) is 5.56. The SMILES string of the molecule is Clc1nc(-c2ccccc2)nc(-c2ccc3ccc4c(-c5nc(Cl)nc(-c6ccccc6)n5)ccc5ccc2c3c54)n1. The van der Waals surface area contributed by atoms with Crippen molar-refractivity contribution in [2.75, 3.05) is 0 Å². The van der Waals surface area contributed by atoms with Gasteiger partial charge in [-0.05, 0) is 67.7 Å². The standard InChI is InChI=1S/C34H18Cl2N6/c35-33-39-29(21-7-3-1-4-8-21)37-31(41-33)25-17-13-19-12-16-24-26(18-14-20-11-15-23(25)27(19)28(20)24)32-38-30(40-34(36)42-32)22-9-5-2-6-10-22/h1-18H. The maximum Gasteiger partial charge on any atom is 0.226 e. The van der Waals surface area contributed by atoms with E-state index in [9.17, 15) is 0 Å². The molecule has 0 aliphatic carbocycles. The Labute approximate surface area is 250 Å². The molecule has 0 saturated heterocycles. The van der Waals surface area contributed by atoms with E-state index in [1.165, 1.54) is 0 Å². The first kappa shape index (κ1) is 24.7. The predicted molar refractivity (Wildman–Crippen MR) is 169 cm³/mol. The molecule has 0 spiro atoms. The molecule has 8 heteroatoms. The molecular formula is C34H18Cl2N6. The maximum absolute atomic E-state index is 6.42. The van der Waals surface area contributed by atoms with E-state index in [1.54, 1.807) is 0 Å². The molecule has 0 bridgehead atoms. The first-order chi connectivity index (χ1) is 20.6. The van der Waals surface area contributed by atoms with Crippen molar-refractivity contribution in [2.45, 2.75) is 0 Å². The van der Waals surface area contributed by atoms with E-state index in [0.717, 1.165) is 54.6 Å². The molecule has 0 aliphatic rings. The summed E-state index contributed by atoms with van der Waals surface area (Å²) < 4.78 is 0. The molecule has 0 N–H and O–H groups in total. The topological polar surface area (TPSA) is 77.3 Å². The van der Waals surface area contributed by atoms with Crippen LogP contribution in [0.3, 0.4) is 0 Å². The zero-order chi connectivity index (χ0) is 28.2. The molecular weight excluding hydrogens is 563 g/mol. The van der Waals surface area contributed by atoms with Crippen LogP contribution in [0.5, 0.6) is 0 Å². The van der Waals surface area contributed by atoms with Gasteiger partial charge in [-0.25, -0.2) is 9.97 Å². The number of nitrogens with zero attached hydrogens (tertiary/aromatic N) is 6. The highest BCUT2D eigenvalue weighted by molar-refractivity contribution is 6.29. The average molecular weight is 581 g/mol. The second kappa shape index (κ2) is 9.80. The lowest BCUT2D eigenvalue weighted by atomic mass is 9.89. The highest BCUT2D eigenvalue weighted by Crippen LogP contribution is 2.41. The van der Waals surface area contributed by atoms with Crippen molar-refractivity contribution in [3.05, 3.63) is 120 Å². The Balaban J connectivity index is 1.36. The Bertz CT molecular complexity index is 2110. The lowest BCUT2D eigenvalue weighted by Crippen LogP contribution is -1.99. The fraction of sp³-hybridized carbons (Fsp3) is 0. The number of halogens is 2. The minimum atomic E-state index is 0.146. The average Bonchev–Trinajstić information content (AvgIpc) is 3.03. The Hall–Kier alpha value is -5.04. The molecule has 6 nitrogen and oxygen atoms in total. The van der Waals surface area contributed by atoms with Gasteiger partial charge < -0.3 is 0 Å². The quantitative estimate of drug-likeness (QED) is 0.193. The van der Waals surface area contributed by atoms with Crippen LogP contribution in [0.25, 0.3) is 77.9 Å². The van der Waals surface area contributed by atoms with Crippen LogP contribution in [-0.2, 0) is 0 Å². The van der Waals surface area contributed by atoms with Crippen LogP contribution in [0.15, 0.2) is 109 Å². The summed E-state index contributed by atoms with van der Waals surface area (Å²) >= 11 is 12.8. The molecule has 0 fully saturated rings. The molecule has 0 aliphatic heterocycles. The van der Waals surface area contributed by atoms with Crippen molar-refractivity contribution < 1.29 is 0 Å². The third-order valence-corrected chi connectivity index (χ3v) is 7.76. The van der Waals surface area contributed by atoms with Crippen molar-refractivity contribution in [3.63, 3.8) is 0 Å². The maximum atomic E-state index is 6.42. The number of hydrogen-bond donors (Lipinski definition) is 0. The molecule has 2 aromatic heterocycles. The molecule has 8 rings (SSSR count). The smallest absolute Gasteiger partial charge is 0.208 e. The number of aromatic nitrogens is 6. The number of benzene rings is 6. The van der Waals surface area contributed by atoms with Gasteiger partial charge >= 0.3 is 0 Å². The summed E-state index contributed by atoms with van der Waals surface area (Å²) in [5.74, 6) is 2.09. The Morgan fingerprint density at radius 3 is 1.17 bits per heavy atom. The van der Waals surface area contributed by atoms with E-state index in [-0.39, 0.29) is 10.6 Å². The van der Waals surface area contributed by atoms with Crippen LogP contribution in [-0.4, -0.2) is 29.9 Å². The first-order valence-electron chi connectivity index (χ1n) is 13.3. The van der Waals surface area contributed by atoms with Crippen LogP contribution in [0.2, 0.25) is 10.6 Å². The van der Waals surface area contributed by atoms with Crippen LogP contribution < -0.4 is 0 Å². The summed E-state index contributed by atoms with van der Waals surface area (Å²) in [5.41, 5.74) is 3.49. The summed E-state index contributed by atoms with van der Waals surface area (Å²) in [6.07, 6.45) is 0. The fourth-order valence-corrected chi connectivity index (χ4v) is 5.88. The van der Waals surface area contributed by atoms with Gasteiger partial charge in [0, 0.05) is 22.3 Å². The number of hydrogen-bond acceptors (Lipinski definition) is 6. The van der Waals surface area contributed by atoms with Gasteiger partial charge in [-0.2, -0.15) is 19.9 Å².